The zero-order valence-corrected chi connectivity index (χ0v) is 18.5. The van der Waals surface area contributed by atoms with Gasteiger partial charge in [0.15, 0.2) is 0 Å². The lowest BCUT2D eigenvalue weighted by atomic mass is 9.93. The van der Waals surface area contributed by atoms with Gasteiger partial charge in [0.1, 0.15) is 12.1 Å². The number of piperidine rings is 1. The SMILES string of the molecule is Cc1ccc(COC2CCN3C(=O)C4C(OCc5ccccc5)CCN4C(=O)C3C2)cc1. The van der Waals surface area contributed by atoms with Crippen LogP contribution in [-0.2, 0) is 32.3 Å². The summed E-state index contributed by atoms with van der Waals surface area (Å²) in [5, 5.41) is 0. The molecule has 32 heavy (non-hydrogen) atoms. The Morgan fingerprint density at radius 1 is 0.812 bits per heavy atom. The first-order chi connectivity index (χ1) is 15.6. The van der Waals surface area contributed by atoms with Crippen molar-refractivity contribution >= 4 is 11.8 Å². The molecule has 2 aromatic rings. The first-order valence-electron chi connectivity index (χ1n) is 11.5. The fourth-order valence-electron chi connectivity index (χ4n) is 5.10. The highest BCUT2D eigenvalue weighted by atomic mass is 16.5. The van der Waals surface area contributed by atoms with Gasteiger partial charge >= 0.3 is 0 Å². The maximum Gasteiger partial charge on any atom is 0.248 e. The van der Waals surface area contributed by atoms with Crippen LogP contribution in [0.5, 0.6) is 0 Å². The molecule has 3 fully saturated rings. The maximum absolute atomic E-state index is 13.3. The molecule has 0 aliphatic carbocycles. The molecule has 3 heterocycles. The van der Waals surface area contributed by atoms with Crippen LogP contribution in [0, 0.1) is 6.92 Å². The fraction of sp³-hybridized carbons (Fsp3) is 0.462. The number of aryl methyl sites for hydroxylation is 1. The second-order valence-corrected chi connectivity index (χ2v) is 9.09. The van der Waals surface area contributed by atoms with Crippen molar-refractivity contribution in [3.63, 3.8) is 0 Å². The summed E-state index contributed by atoms with van der Waals surface area (Å²) in [6.45, 7) is 4.18. The van der Waals surface area contributed by atoms with Gasteiger partial charge in [-0.25, -0.2) is 0 Å². The van der Waals surface area contributed by atoms with Gasteiger partial charge in [0.2, 0.25) is 11.8 Å². The molecule has 2 aromatic carbocycles. The molecule has 0 radical (unpaired) electrons. The molecular formula is C26H30N2O4. The number of piperazine rings is 1. The molecule has 4 unspecified atom stereocenters. The molecule has 0 spiro atoms. The third kappa shape index (κ3) is 4.17. The smallest absolute Gasteiger partial charge is 0.248 e. The number of rotatable bonds is 6. The minimum absolute atomic E-state index is 0.0152. The van der Waals surface area contributed by atoms with Gasteiger partial charge in [-0.05, 0) is 30.9 Å². The van der Waals surface area contributed by atoms with Gasteiger partial charge in [-0.2, -0.15) is 0 Å². The summed E-state index contributed by atoms with van der Waals surface area (Å²) in [6.07, 6.45) is 1.75. The van der Waals surface area contributed by atoms with Crippen molar-refractivity contribution in [2.75, 3.05) is 13.1 Å². The molecule has 3 saturated heterocycles. The van der Waals surface area contributed by atoms with Gasteiger partial charge in [0.05, 0.1) is 25.4 Å². The summed E-state index contributed by atoms with van der Waals surface area (Å²) in [5.74, 6) is 0.0752. The molecule has 0 N–H and O–H groups in total. The topological polar surface area (TPSA) is 59.1 Å². The van der Waals surface area contributed by atoms with E-state index in [1.54, 1.807) is 9.80 Å². The summed E-state index contributed by atoms with van der Waals surface area (Å²) in [5.41, 5.74) is 3.42. The lowest BCUT2D eigenvalue weighted by Crippen LogP contribution is -2.67. The van der Waals surface area contributed by atoms with E-state index in [9.17, 15) is 9.59 Å². The van der Waals surface area contributed by atoms with Crippen LogP contribution < -0.4 is 0 Å². The predicted molar refractivity (Wildman–Crippen MR) is 120 cm³/mol. The molecule has 5 rings (SSSR count). The summed E-state index contributed by atoms with van der Waals surface area (Å²) >= 11 is 0. The largest absolute Gasteiger partial charge is 0.373 e. The molecule has 168 valence electrons. The van der Waals surface area contributed by atoms with Gasteiger partial charge in [-0.3, -0.25) is 9.59 Å². The molecular weight excluding hydrogens is 404 g/mol. The molecule has 0 aromatic heterocycles. The van der Waals surface area contributed by atoms with Gasteiger partial charge < -0.3 is 19.3 Å². The van der Waals surface area contributed by atoms with Crippen LogP contribution in [-0.4, -0.2) is 59.0 Å². The Morgan fingerprint density at radius 3 is 2.28 bits per heavy atom. The highest BCUT2D eigenvalue weighted by molar-refractivity contribution is 5.98. The van der Waals surface area contributed by atoms with Crippen molar-refractivity contribution in [3.05, 3.63) is 71.3 Å². The van der Waals surface area contributed by atoms with E-state index >= 15 is 0 Å². The van der Waals surface area contributed by atoms with E-state index in [0.29, 0.717) is 39.1 Å². The van der Waals surface area contributed by atoms with E-state index < -0.39 is 12.1 Å². The Balaban J connectivity index is 1.21. The number of ether oxygens (including phenoxy) is 2. The van der Waals surface area contributed by atoms with Crippen molar-refractivity contribution in [2.24, 2.45) is 0 Å². The zero-order chi connectivity index (χ0) is 22.1. The van der Waals surface area contributed by atoms with Crippen molar-refractivity contribution in [1.29, 1.82) is 0 Å². The molecule has 0 saturated carbocycles. The van der Waals surface area contributed by atoms with Crippen molar-refractivity contribution in [2.45, 2.75) is 63.7 Å². The number of amides is 2. The third-order valence-corrected chi connectivity index (χ3v) is 6.91. The molecule has 3 aliphatic heterocycles. The van der Waals surface area contributed by atoms with Crippen molar-refractivity contribution < 1.29 is 19.1 Å². The van der Waals surface area contributed by atoms with Crippen LogP contribution in [0.15, 0.2) is 54.6 Å². The fourth-order valence-corrected chi connectivity index (χ4v) is 5.10. The average Bonchev–Trinajstić information content (AvgIpc) is 3.26. The van der Waals surface area contributed by atoms with Crippen LogP contribution >= 0.6 is 0 Å². The Morgan fingerprint density at radius 2 is 1.50 bits per heavy atom. The summed E-state index contributed by atoms with van der Waals surface area (Å²) < 4.78 is 12.2. The number of carbonyl (C=O) groups is 2. The van der Waals surface area contributed by atoms with Gasteiger partial charge in [0, 0.05) is 19.5 Å². The Hall–Kier alpha value is -2.70. The summed E-state index contributed by atoms with van der Waals surface area (Å²) in [7, 11) is 0. The van der Waals surface area contributed by atoms with Crippen molar-refractivity contribution in [3.8, 4) is 0 Å². The lowest BCUT2D eigenvalue weighted by Gasteiger charge is -2.47. The van der Waals surface area contributed by atoms with E-state index in [-0.39, 0.29) is 24.0 Å². The molecule has 6 heteroatoms. The van der Waals surface area contributed by atoms with Crippen molar-refractivity contribution in [1.82, 2.24) is 9.80 Å². The zero-order valence-electron chi connectivity index (χ0n) is 18.5. The molecule has 4 atom stereocenters. The molecule has 2 amide bonds. The normalized spacial score (nSPS) is 27.4. The van der Waals surface area contributed by atoms with E-state index in [2.05, 4.69) is 31.2 Å². The maximum atomic E-state index is 13.3. The first-order valence-corrected chi connectivity index (χ1v) is 11.5. The Labute approximate surface area is 189 Å². The predicted octanol–water partition coefficient (Wildman–Crippen LogP) is 3.07. The van der Waals surface area contributed by atoms with Crippen LogP contribution in [0.4, 0.5) is 0 Å². The van der Waals surface area contributed by atoms with Gasteiger partial charge in [-0.15, -0.1) is 0 Å². The average molecular weight is 435 g/mol. The number of carbonyl (C=O) groups excluding carboxylic acids is 2. The number of benzene rings is 2. The van der Waals surface area contributed by atoms with E-state index in [1.807, 2.05) is 30.3 Å². The molecule has 3 aliphatic rings. The van der Waals surface area contributed by atoms with Gasteiger partial charge in [-0.1, -0.05) is 60.2 Å². The minimum Gasteiger partial charge on any atom is -0.373 e. The number of fused-ring (bicyclic) bond motifs is 2. The molecule has 0 bridgehead atoms. The van der Waals surface area contributed by atoms with Crippen LogP contribution in [0.3, 0.4) is 0 Å². The van der Waals surface area contributed by atoms with Crippen LogP contribution in [0.25, 0.3) is 0 Å². The highest BCUT2D eigenvalue weighted by Crippen LogP contribution is 2.34. The standard InChI is InChI=1S/C26H30N2O4/c1-18-7-9-20(10-8-18)16-31-21-11-13-27-22(15-21)25(29)28-14-12-23(24(28)26(27)30)32-17-19-5-3-2-4-6-19/h2-10,21-24H,11-17H2,1H3. The first kappa shape index (κ1) is 21.2. The van der Waals surface area contributed by atoms with E-state index in [1.165, 1.54) is 5.56 Å². The third-order valence-electron chi connectivity index (χ3n) is 6.91. The highest BCUT2D eigenvalue weighted by Gasteiger charge is 2.53. The summed E-state index contributed by atoms with van der Waals surface area (Å²) in [4.78, 5) is 30.2. The monoisotopic (exact) mass is 434 g/mol. The Kier molecular flexibility index (Phi) is 5.98. The van der Waals surface area contributed by atoms with Gasteiger partial charge in [0.25, 0.3) is 0 Å². The molecule has 6 nitrogen and oxygen atoms in total. The number of hydrogen-bond donors (Lipinski definition) is 0. The second kappa shape index (κ2) is 9.04. The van der Waals surface area contributed by atoms with Crippen LogP contribution in [0.2, 0.25) is 0 Å². The minimum atomic E-state index is -0.493. The summed E-state index contributed by atoms with van der Waals surface area (Å²) in [6, 6.07) is 17.3. The van der Waals surface area contributed by atoms with E-state index in [4.69, 9.17) is 9.47 Å². The Bertz CT molecular complexity index is 962. The van der Waals surface area contributed by atoms with E-state index in [0.717, 1.165) is 17.5 Å². The van der Waals surface area contributed by atoms with Crippen LogP contribution in [0.1, 0.15) is 36.0 Å². The number of nitrogens with zero attached hydrogens (tertiary/aromatic N) is 2. The number of hydrogen-bond acceptors (Lipinski definition) is 4. The quantitative estimate of drug-likeness (QED) is 0.701. The second-order valence-electron chi connectivity index (χ2n) is 9.09. The lowest BCUT2D eigenvalue weighted by molar-refractivity contribution is -0.169.